The van der Waals surface area contributed by atoms with Crippen LogP contribution < -0.4 is 15.6 Å². The third kappa shape index (κ3) is 5.24. The molecule has 2 aromatic rings. The Morgan fingerprint density at radius 1 is 1.12 bits per heavy atom. The average Bonchev–Trinajstić information content (AvgIpc) is 2.56. The number of halogens is 2. The minimum Gasteiger partial charge on any atom is -0.478 e. The lowest BCUT2D eigenvalue weighted by Crippen LogP contribution is -2.47. The molecule has 0 bridgehead atoms. The fraction of sp³-hybridized carbons (Fsp3) is 0.176. The molecule has 0 heterocycles. The van der Waals surface area contributed by atoms with Gasteiger partial charge < -0.3 is 4.74 Å². The number of hydrogen-bond acceptors (Lipinski definition) is 3. The standard InChI is InChI=1S/C17H16ClFN2O3/c1-11(24-15-5-3-2-4-14(15)19)17(23)21-20-16(22)10-12-6-8-13(18)9-7-12/h2-9,11H,10H2,1H3,(H,20,22)(H,21,23)/t11-/m1/s1. The van der Waals surface area contributed by atoms with E-state index in [1.165, 1.54) is 25.1 Å². The van der Waals surface area contributed by atoms with Crippen LogP contribution in [0.3, 0.4) is 0 Å². The largest absolute Gasteiger partial charge is 0.478 e. The Bertz CT molecular complexity index is 722. The van der Waals surface area contributed by atoms with Gasteiger partial charge in [-0.1, -0.05) is 35.9 Å². The van der Waals surface area contributed by atoms with Crippen molar-refractivity contribution in [2.24, 2.45) is 0 Å². The van der Waals surface area contributed by atoms with Crippen molar-refractivity contribution in [1.29, 1.82) is 0 Å². The molecule has 0 fully saturated rings. The molecular formula is C17H16ClFN2O3. The third-order valence-electron chi connectivity index (χ3n) is 3.11. The van der Waals surface area contributed by atoms with Crippen LogP contribution in [0.4, 0.5) is 4.39 Å². The van der Waals surface area contributed by atoms with Gasteiger partial charge in [-0.2, -0.15) is 0 Å². The number of hydrogen-bond donors (Lipinski definition) is 2. The maximum atomic E-state index is 13.5. The van der Waals surface area contributed by atoms with Gasteiger partial charge in [-0.25, -0.2) is 4.39 Å². The minimum atomic E-state index is -0.974. The number of amides is 2. The van der Waals surface area contributed by atoms with Gasteiger partial charge in [0.2, 0.25) is 5.91 Å². The SMILES string of the molecule is C[C@@H](Oc1ccccc1F)C(=O)NNC(=O)Cc1ccc(Cl)cc1. The van der Waals surface area contributed by atoms with Crippen molar-refractivity contribution in [3.8, 4) is 5.75 Å². The molecule has 2 rings (SSSR count). The van der Waals surface area contributed by atoms with Gasteiger partial charge in [0.1, 0.15) is 0 Å². The molecule has 0 aliphatic carbocycles. The molecule has 0 radical (unpaired) electrons. The molecule has 2 N–H and O–H groups in total. The molecule has 5 nitrogen and oxygen atoms in total. The minimum absolute atomic E-state index is 0.0346. The van der Waals surface area contributed by atoms with E-state index in [0.29, 0.717) is 5.02 Å². The fourth-order valence-corrected chi connectivity index (χ4v) is 1.98. The normalized spacial score (nSPS) is 11.5. The molecule has 0 aliphatic rings. The van der Waals surface area contributed by atoms with Gasteiger partial charge in [0.05, 0.1) is 6.42 Å². The van der Waals surface area contributed by atoms with Crippen LogP contribution in [0.1, 0.15) is 12.5 Å². The molecule has 0 aliphatic heterocycles. The summed E-state index contributed by atoms with van der Waals surface area (Å²) >= 11 is 5.77. The Morgan fingerprint density at radius 2 is 1.79 bits per heavy atom. The van der Waals surface area contributed by atoms with Crippen molar-refractivity contribution in [2.45, 2.75) is 19.4 Å². The summed E-state index contributed by atoms with van der Waals surface area (Å²) in [6.45, 7) is 1.45. The van der Waals surface area contributed by atoms with Gasteiger partial charge in [0, 0.05) is 5.02 Å². The molecule has 0 aromatic heterocycles. The Hall–Kier alpha value is -2.60. The fourth-order valence-electron chi connectivity index (χ4n) is 1.85. The zero-order valence-corrected chi connectivity index (χ0v) is 13.6. The van der Waals surface area contributed by atoms with Crippen molar-refractivity contribution in [3.05, 3.63) is 64.9 Å². The van der Waals surface area contributed by atoms with E-state index < -0.39 is 23.7 Å². The number of benzene rings is 2. The highest BCUT2D eigenvalue weighted by Gasteiger charge is 2.17. The topological polar surface area (TPSA) is 67.4 Å². The molecule has 7 heteroatoms. The van der Waals surface area contributed by atoms with E-state index in [9.17, 15) is 14.0 Å². The Morgan fingerprint density at radius 3 is 2.46 bits per heavy atom. The van der Waals surface area contributed by atoms with Crippen LogP contribution in [0, 0.1) is 5.82 Å². The zero-order valence-electron chi connectivity index (χ0n) is 12.9. The summed E-state index contributed by atoms with van der Waals surface area (Å²) in [5.74, 6) is -1.59. The predicted octanol–water partition coefficient (Wildman–Crippen LogP) is 2.64. The molecular weight excluding hydrogens is 335 g/mol. The molecule has 0 unspecified atom stereocenters. The summed E-state index contributed by atoms with van der Waals surface area (Å²) in [6.07, 6.45) is -0.891. The van der Waals surface area contributed by atoms with Crippen LogP contribution in [-0.2, 0) is 16.0 Å². The summed E-state index contributed by atoms with van der Waals surface area (Å²) in [4.78, 5) is 23.6. The maximum absolute atomic E-state index is 13.5. The van der Waals surface area contributed by atoms with Crippen molar-refractivity contribution in [2.75, 3.05) is 0 Å². The molecule has 0 spiro atoms. The lowest BCUT2D eigenvalue weighted by molar-refractivity contribution is -0.132. The van der Waals surface area contributed by atoms with E-state index in [1.807, 2.05) is 0 Å². The number of rotatable bonds is 5. The summed E-state index contributed by atoms with van der Waals surface area (Å²) in [5, 5.41) is 0.576. The first kappa shape index (κ1) is 17.7. The van der Waals surface area contributed by atoms with Crippen LogP contribution in [0.25, 0.3) is 0 Å². The van der Waals surface area contributed by atoms with Crippen LogP contribution in [0.15, 0.2) is 48.5 Å². The lowest BCUT2D eigenvalue weighted by atomic mass is 10.1. The maximum Gasteiger partial charge on any atom is 0.279 e. The third-order valence-corrected chi connectivity index (χ3v) is 3.36. The molecule has 126 valence electrons. The van der Waals surface area contributed by atoms with Crippen molar-refractivity contribution in [3.63, 3.8) is 0 Å². The quantitative estimate of drug-likeness (QED) is 0.815. The second-order valence-corrected chi connectivity index (χ2v) is 5.47. The number of carbonyl (C=O) groups excluding carboxylic acids is 2. The number of hydrazine groups is 1. The van der Waals surface area contributed by atoms with E-state index in [1.54, 1.807) is 30.3 Å². The first-order valence-electron chi connectivity index (χ1n) is 7.20. The van der Waals surface area contributed by atoms with Gasteiger partial charge >= 0.3 is 0 Å². The number of carbonyl (C=O) groups is 2. The van der Waals surface area contributed by atoms with Gasteiger partial charge in [-0.05, 0) is 36.8 Å². The summed E-state index contributed by atoms with van der Waals surface area (Å²) in [7, 11) is 0. The van der Waals surface area contributed by atoms with Crippen LogP contribution in [0.2, 0.25) is 5.02 Å². The van der Waals surface area contributed by atoms with Crippen LogP contribution >= 0.6 is 11.6 Å². The van der Waals surface area contributed by atoms with Gasteiger partial charge in [0.25, 0.3) is 5.91 Å². The second kappa shape index (κ2) is 8.31. The number of nitrogens with one attached hydrogen (secondary N) is 2. The Balaban J connectivity index is 1.80. The van der Waals surface area contributed by atoms with E-state index in [4.69, 9.17) is 16.3 Å². The van der Waals surface area contributed by atoms with Gasteiger partial charge in [0.15, 0.2) is 17.7 Å². The number of para-hydroxylation sites is 1. The summed E-state index contributed by atoms with van der Waals surface area (Å²) < 4.78 is 18.7. The molecule has 1 atom stereocenters. The van der Waals surface area contributed by atoms with E-state index in [0.717, 1.165) is 5.56 Å². The Kier molecular flexibility index (Phi) is 6.14. The van der Waals surface area contributed by atoms with E-state index in [-0.39, 0.29) is 12.2 Å². The highest BCUT2D eigenvalue weighted by atomic mass is 35.5. The first-order valence-corrected chi connectivity index (χ1v) is 7.58. The molecule has 0 saturated heterocycles. The second-order valence-electron chi connectivity index (χ2n) is 5.03. The lowest BCUT2D eigenvalue weighted by Gasteiger charge is -2.15. The monoisotopic (exact) mass is 350 g/mol. The van der Waals surface area contributed by atoms with E-state index in [2.05, 4.69) is 10.9 Å². The Labute approximate surface area is 143 Å². The summed E-state index contributed by atoms with van der Waals surface area (Å²) in [6, 6.07) is 12.5. The average molecular weight is 351 g/mol. The zero-order chi connectivity index (χ0) is 17.5. The predicted molar refractivity (Wildman–Crippen MR) is 87.9 cm³/mol. The van der Waals surface area contributed by atoms with Crippen LogP contribution in [0.5, 0.6) is 5.75 Å². The smallest absolute Gasteiger partial charge is 0.279 e. The number of ether oxygens (including phenoxy) is 1. The molecule has 2 amide bonds. The van der Waals surface area contributed by atoms with Crippen molar-refractivity contribution in [1.82, 2.24) is 10.9 Å². The highest BCUT2D eigenvalue weighted by molar-refractivity contribution is 6.30. The van der Waals surface area contributed by atoms with Gasteiger partial charge in [-0.15, -0.1) is 0 Å². The molecule has 2 aromatic carbocycles. The molecule has 24 heavy (non-hydrogen) atoms. The first-order chi connectivity index (χ1) is 11.5. The molecule has 0 saturated carbocycles. The van der Waals surface area contributed by atoms with Crippen LogP contribution in [-0.4, -0.2) is 17.9 Å². The highest BCUT2D eigenvalue weighted by Crippen LogP contribution is 2.16. The summed E-state index contributed by atoms with van der Waals surface area (Å²) in [5.41, 5.74) is 5.27. The van der Waals surface area contributed by atoms with E-state index >= 15 is 0 Å². The van der Waals surface area contributed by atoms with Gasteiger partial charge in [-0.3, -0.25) is 20.4 Å². The van der Waals surface area contributed by atoms with Crippen molar-refractivity contribution >= 4 is 23.4 Å². The van der Waals surface area contributed by atoms with Crippen molar-refractivity contribution < 1.29 is 18.7 Å².